The molecule has 0 aliphatic carbocycles. The second-order valence-corrected chi connectivity index (χ2v) is 9.14. The second-order valence-electron chi connectivity index (χ2n) is 9.14. The first-order chi connectivity index (χ1) is 17.0. The zero-order valence-corrected chi connectivity index (χ0v) is 20.6. The number of hydrogen-bond donors (Lipinski definition) is 1. The van der Waals surface area contributed by atoms with Crippen LogP contribution >= 0.6 is 0 Å². The Hall–Kier alpha value is -3.54. The van der Waals surface area contributed by atoms with Crippen molar-refractivity contribution in [2.75, 3.05) is 27.7 Å². The number of ether oxygens (including phenoxy) is 1. The fraction of sp³-hybridized carbons (Fsp3) is 0.267. The average molecular weight is 468 g/mol. The van der Waals surface area contributed by atoms with Gasteiger partial charge in [0, 0.05) is 24.5 Å². The van der Waals surface area contributed by atoms with Crippen LogP contribution in [0.15, 0.2) is 97.3 Å². The fourth-order valence-electron chi connectivity index (χ4n) is 4.60. The SMILES string of the molecule is COc1ncc(Cc2ccccc2)cc1C(c1ccccn1)C(O)(CCN(C)C)c1ccccc1. The highest BCUT2D eigenvalue weighted by atomic mass is 16.5. The van der Waals surface area contributed by atoms with Gasteiger partial charge in [-0.25, -0.2) is 4.98 Å². The highest BCUT2D eigenvalue weighted by Crippen LogP contribution is 2.46. The van der Waals surface area contributed by atoms with Crippen LogP contribution in [0.4, 0.5) is 0 Å². The van der Waals surface area contributed by atoms with Crippen LogP contribution in [0.3, 0.4) is 0 Å². The summed E-state index contributed by atoms with van der Waals surface area (Å²) in [6.07, 6.45) is 4.87. The molecule has 2 aromatic heterocycles. The van der Waals surface area contributed by atoms with Crippen molar-refractivity contribution in [2.24, 2.45) is 0 Å². The number of pyridine rings is 2. The van der Waals surface area contributed by atoms with E-state index in [1.165, 1.54) is 5.56 Å². The fourth-order valence-corrected chi connectivity index (χ4v) is 4.60. The molecule has 2 atom stereocenters. The Labute approximate surface area is 208 Å². The summed E-state index contributed by atoms with van der Waals surface area (Å²) in [5, 5.41) is 12.5. The third-order valence-corrected chi connectivity index (χ3v) is 6.37. The van der Waals surface area contributed by atoms with Gasteiger partial charge in [-0.2, -0.15) is 0 Å². The summed E-state index contributed by atoms with van der Waals surface area (Å²) < 4.78 is 5.75. The number of rotatable bonds is 10. The van der Waals surface area contributed by atoms with Crippen molar-refractivity contribution in [1.29, 1.82) is 0 Å². The summed E-state index contributed by atoms with van der Waals surface area (Å²) >= 11 is 0. The van der Waals surface area contributed by atoms with Crippen LogP contribution in [-0.4, -0.2) is 47.7 Å². The Bertz CT molecular complexity index is 1200. The Morgan fingerprint density at radius 3 is 2.20 bits per heavy atom. The molecule has 4 aromatic rings. The molecule has 0 saturated heterocycles. The van der Waals surface area contributed by atoms with Crippen LogP contribution in [0, 0.1) is 0 Å². The highest BCUT2D eigenvalue weighted by Gasteiger charge is 2.43. The van der Waals surface area contributed by atoms with Gasteiger partial charge in [0.25, 0.3) is 0 Å². The van der Waals surface area contributed by atoms with E-state index in [-0.39, 0.29) is 0 Å². The lowest BCUT2D eigenvalue weighted by molar-refractivity contribution is 0.00265. The van der Waals surface area contributed by atoms with Crippen molar-refractivity contribution >= 4 is 0 Å². The Morgan fingerprint density at radius 2 is 1.57 bits per heavy atom. The molecule has 0 saturated carbocycles. The second kappa shape index (κ2) is 11.3. The molecule has 35 heavy (non-hydrogen) atoms. The summed E-state index contributed by atoms with van der Waals surface area (Å²) in [4.78, 5) is 11.5. The Morgan fingerprint density at radius 1 is 0.886 bits per heavy atom. The van der Waals surface area contributed by atoms with Gasteiger partial charge in [0.05, 0.1) is 18.7 Å². The smallest absolute Gasteiger partial charge is 0.217 e. The molecule has 2 heterocycles. The highest BCUT2D eigenvalue weighted by molar-refractivity contribution is 5.44. The van der Waals surface area contributed by atoms with E-state index < -0.39 is 11.5 Å². The number of aliphatic hydroxyl groups is 1. The van der Waals surface area contributed by atoms with E-state index in [2.05, 4.69) is 28.1 Å². The van der Waals surface area contributed by atoms with Gasteiger partial charge in [-0.05, 0) is 61.8 Å². The molecule has 0 aliphatic rings. The van der Waals surface area contributed by atoms with E-state index in [0.717, 1.165) is 28.8 Å². The minimum absolute atomic E-state index is 0.482. The zero-order valence-electron chi connectivity index (χ0n) is 20.6. The monoisotopic (exact) mass is 467 g/mol. The van der Waals surface area contributed by atoms with E-state index in [4.69, 9.17) is 9.72 Å². The summed E-state index contributed by atoms with van der Waals surface area (Å²) in [6.45, 7) is 0.703. The lowest BCUT2D eigenvalue weighted by atomic mass is 9.73. The van der Waals surface area contributed by atoms with Gasteiger partial charge in [-0.1, -0.05) is 66.7 Å². The summed E-state index contributed by atoms with van der Waals surface area (Å²) in [5.74, 6) is 0.0147. The number of hydrogen-bond acceptors (Lipinski definition) is 5. The predicted octanol–water partition coefficient (Wildman–Crippen LogP) is 5.05. The van der Waals surface area contributed by atoms with Gasteiger partial charge in [0.2, 0.25) is 5.88 Å². The van der Waals surface area contributed by atoms with Crippen molar-refractivity contribution in [3.8, 4) is 5.88 Å². The molecule has 1 N–H and O–H groups in total. The van der Waals surface area contributed by atoms with E-state index in [0.29, 0.717) is 18.8 Å². The molecule has 5 heteroatoms. The first kappa shape index (κ1) is 24.6. The zero-order chi connectivity index (χ0) is 24.7. The molecule has 180 valence electrons. The average Bonchev–Trinajstić information content (AvgIpc) is 2.89. The third-order valence-electron chi connectivity index (χ3n) is 6.37. The molecule has 5 nitrogen and oxygen atoms in total. The van der Waals surface area contributed by atoms with Gasteiger partial charge >= 0.3 is 0 Å². The third kappa shape index (κ3) is 5.76. The molecule has 0 radical (unpaired) electrons. The van der Waals surface area contributed by atoms with Gasteiger partial charge < -0.3 is 14.7 Å². The normalized spacial score (nSPS) is 13.9. The molecule has 0 fully saturated rings. The minimum atomic E-state index is -1.24. The molecule has 2 unspecified atom stereocenters. The topological polar surface area (TPSA) is 58.5 Å². The standard InChI is InChI=1S/C30H33N3O2/c1-33(2)19-17-30(34,25-14-8-5-9-15-25)28(27-16-10-11-18-31-27)26-21-24(22-32-29(26)35-3)20-23-12-6-4-7-13-23/h4-16,18,21-22,28,34H,17,19-20H2,1-3H3. The van der Waals surface area contributed by atoms with Crippen LogP contribution in [-0.2, 0) is 12.0 Å². The van der Waals surface area contributed by atoms with Crippen molar-refractivity contribution in [1.82, 2.24) is 14.9 Å². The lowest BCUT2D eigenvalue weighted by Crippen LogP contribution is -2.38. The molecular formula is C30H33N3O2. The van der Waals surface area contributed by atoms with Gasteiger partial charge in [0.15, 0.2) is 0 Å². The Balaban J connectivity index is 1.90. The first-order valence-corrected chi connectivity index (χ1v) is 11.9. The van der Waals surface area contributed by atoms with E-state index in [1.807, 2.05) is 87.0 Å². The quantitative estimate of drug-likeness (QED) is 0.354. The maximum absolute atomic E-state index is 12.5. The van der Waals surface area contributed by atoms with E-state index >= 15 is 0 Å². The van der Waals surface area contributed by atoms with E-state index in [1.54, 1.807) is 13.3 Å². The molecular weight excluding hydrogens is 434 g/mol. The molecule has 0 aliphatic heterocycles. The van der Waals surface area contributed by atoms with Crippen LogP contribution in [0.25, 0.3) is 0 Å². The predicted molar refractivity (Wildman–Crippen MR) is 140 cm³/mol. The van der Waals surface area contributed by atoms with Crippen LogP contribution < -0.4 is 4.74 Å². The van der Waals surface area contributed by atoms with Crippen LogP contribution in [0.5, 0.6) is 5.88 Å². The molecule has 0 amide bonds. The van der Waals surface area contributed by atoms with Crippen molar-refractivity contribution in [3.63, 3.8) is 0 Å². The maximum atomic E-state index is 12.5. The van der Waals surface area contributed by atoms with Crippen molar-refractivity contribution in [3.05, 3.63) is 125 Å². The summed E-state index contributed by atoms with van der Waals surface area (Å²) in [6, 6.07) is 28.1. The largest absolute Gasteiger partial charge is 0.481 e. The van der Waals surface area contributed by atoms with Crippen LogP contribution in [0.1, 0.15) is 40.3 Å². The van der Waals surface area contributed by atoms with Crippen molar-refractivity contribution < 1.29 is 9.84 Å². The summed E-state index contributed by atoms with van der Waals surface area (Å²) in [7, 11) is 5.66. The molecule has 2 aromatic carbocycles. The first-order valence-electron chi connectivity index (χ1n) is 11.9. The van der Waals surface area contributed by atoms with Gasteiger partial charge in [-0.3, -0.25) is 4.98 Å². The Kier molecular flexibility index (Phi) is 7.91. The number of nitrogens with zero attached hydrogens (tertiary/aromatic N) is 3. The number of methoxy groups -OCH3 is 1. The molecule has 4 rings (SSSR count). The maximum Gasteiger partial charge on any atom is 0.217 e. The van der Waals surface area contributed by atoms with Gasteiger partial charge in [0.1, 0.15) is 5.60 Å². The molecule has 0 bridgehead atoms. The lowest BCUT2D eigenvalue weighted by Gasteiger charge is -2.38. The minimum Gasteiger partial charge on any atom is -0.481 e. The number of aromatic nitrogens is 2. The van der Waals surface area contributed by atoms with Crippen LogP contribution in [0.2, 0.25) is 0 Å². The molecule has 0 spiro atoms. The van der Waals surface area contributed by atoms with Crippen molar-refractivity contribution in [2.45, 2.75) is 24.4 Å². The number of benzene rings is 2. The van der Waals surface area contributed by atoms with E-state index in [9.17, 15) is 5.11 Å². The van der Waals surface area contributed by atoms with Gasteiger partial charge in [-0.15, -0.1) is 0 Å². The summed E-state index contributed by atoms with van der Waals surface area (Å²) in [5.41, 5.74) is 3.45.